The Morgan fingerprint density at radius 3 is 2.74 bits per heavy atom. The Hall–Kier alpha value is -2.43. The van der Waals surface area contributed by atoms with Gasteiger partial charge < -0.3 is 10.1 Å². The Morgan fingerprint density at radius 1 is 1.42 bits per heavy atom. The van der Waals surface area contributed by atoms with Gasteiger partial charge in [0, 0.05) is 11.3 Å². The van der Waals surface area contributed by atoms with Crippen LogP contribution in [0.25, 0.3) is 11.3 Å². The monoisotopic (exact) mass is 258 g/mol. The minimum atomic E-state index is -1.09. The summed E-state index contributed by atoms with van der Waals surface area (Å²) in [4.78, 5) is 29.3. The molecular formula is C14H14N2O3. The second-order valence-corrected chi connectivity index (χ2v) is 4.27. The summed E-state index contributed by atoms with van der Waals surface area (Å²) >= 11 is 0. The predicted molar refractivity (Wildman–Crippen MR) is 71.4 cm³/mol. The molecule has 0 radical (unpaired) electrons. The topological polar surface area (TPSA) is 83.0 Å². The van der Waals surface area contributed by atoms with Crippen LogP contribution in [0.3, 0.4) is 0 Å². The Labute approximate surface area is 110 Å². The van der Waals surface area contributed by atoms with Crippen LogP contribution in [0.4, 0.5) is 0 Å². The van der Waals surface area contributed by atoms with Crippen LogP contribution >= 0.6 is 0 Å². The number of aromatic carboxylic acids is 1. The molecule has 98 valence electrons. The third kappa shape index (κ3) is 2.54. The number of aryl methyl sites for hydroxylation is 2. The Kier molecular flexibility index (Phi) is 3.46. The van der Waals surface area contributed by atoms with Crippen molar-refractivity contribution in [2.24, 2.45) is 0 Å². The van der Waals surface area contributed by atoms with Crippen LogP contribution in [0.2, 0.25) is 0 Å². The number of aromatic amines is 1. The lowest BCUT2D eigenvalue weighted by Gasteiger charge is -2.09. The number of carboxylic acids is 1. The van der Waals surface area contributed by atoms with E-state index in [1.807, 2.05) is 25.1 Å². The fourth-order valence-electron chi connectivity index (χ4n) is 2.02. The van der Waals surface area contributed by atoms with Gasteiger partial charge in [-0.3, -0.25) is 0 Å². The number of nitrogens with zero attached hydrogens (tertiary/aromatic N) is 1. The number of nitrogens with one attached hydrogen (secondary N) is 1. The molecule has 0 aliphatic carbocycles. The van der Waals surface area contributed by atoms with Crippen LogP contribution in [-0.2, 0) is 6.42 Å². The third-order valence-corrected chi connectivity index (χ3v) is 2.87. The summed E-state index contributed by atoms with van der Waals surface area (Å²) in [5, 5.41) is 9.34. The van der Waals surface area contributed by atoms with Gasteiger partial charge in [0.05, 0.1) is 5.69 Å². The van der Waals surface area contributed by atoms with E-state index in [4.69, 9.17) is 0 Å². The van der Waals surface area contributed by atoms with Crippen LogP contribution in [0.5, 0.6) is 0 Å². The molecule has 0 unspecified atom stereocenters. The van der Waals surface area contributed by atoms with Crippen LogP contribution in [0.1, 0.15) is 28.5 Å². The largest absolute Gasteiger partial charge is 0.478 e. The van der Waals surface area contributed by atoms with Crippen molar-refractivity contribution in [1.82, 2.24) is 9.97 Å². The smallest absolute Gasteiger partial charge is 0.345 e. The average molecular weight is 258 g/mol. The van der Waals surface area contributed by atoms with Crippen molar-refractivity contribution in [2.45, 2.75) is 20.3 Å². The molecule has 2 N–H and O–H groups in total. The summed E-state index contributed by atoms with van der Waals surface area (Å²) in [5.41, 5.74) is 1.76. The number of hydrogen-bond acceptors (Lipinski definition) is 3. The lowest BCUT2D eigenvalue weighted by Crippen LogP contribution is -2.19. The lowest BCUT2D eigenvalue weighted by molar-refractivity contribution is 0.0695. The molecule has 5 heteroatoms. The van der Waals surface area contributed by atoms with Gasteiger partial charge in [0.2, 0.25) is 0 Å². The normalized spacial score (nSPS) is 10.4. The van der Waals surface area contributed by atoms with E-state index in [1.165, 1.54) is 0 Å². The molecule has 1 aromatic heterocycles. The van der Waals surface area contributed by atoms with Gasteiger partial charge in [-0.05, 0) is 19.4 Å². The SMILES string of the molecule is CCc1[nH]c(=O)nc(-c2cccc(C)c2)c1C(=O)O. The summed E-state index contributed by atoms with van der Waals surface area (Å²) < 4.78 is 0. The van der Waals surface area contributed by atoms with Crippen molar-refractivity contribution in [1.29, 1.82) is 0 Å². The average Bonchev–Trinajstić information content (AvgIpc) is 2.37. The molecule has 0 aliphatic rings. The molecule has 2 rings (SSSR count). The first-order valence-corrected chi connectivity index (χ1v) is 5.96. The lowest BCUT2D eigenvalue weighted by atomic mass is 10.0. The molecule has 0 fully saturated rings. The van der Waals surface area contributed by atoms with Gasteiger partial charge in [-0.25, -0.2) is 9.59 Å². The summed E-state index contributed by atoms with van der Waals surface area (Å²) in [6.07, 6.45) is 0.429. The van der Waals surface area contributed by atoms with E-state index in [9.17, 15) is 14.7 Å². The minimum absolute atomic E-state index is 0.0627. The van der Waals surface area contributed by atoms with Crippen molar-refractivity contribution >= 4 is 5.97 Å². The zero-order valence-electron chi connectivity index (χ0n) is 10.7. The Balaban J connectivity index is 2.78. The van der Waals surface area contributed by atoms with Crippen molar-refractivity contribution < 1.29 is 9.90 Å². The molecule has 0 saturated heterocycles. The molecule has 0 spiro atoms. The number of rotatable bonds is 3. The van der Waals surface area contributed by atoms with Crippen molar-refractivity contribution in [2.75, 3.05) is 0 Å². The molecule has 0 amide bonds. The zero-order chi connectivity index (χ0) is 14.0. The Morgan fingerprint density at radius 2 is 2.16 bits per heavy atom. The van der Waals surface area contributed by atoms with E-state index in [0.29, 0.717) is 17.7 Å². The highest BCUT2D eigenvalue weighted by Gasteiger charge is 2.19. The fourth-order valence-corrected chi connectivity index (χ4v) is 2.02. The number of benzene rings is 1. The fraction of sp³-hybridized carbons (Fsp3) is 0.214. The first kappa shape index (κ1) is 13.0. The van der Waals surface area contributed by atoms with Gasteiger partial charge >= 0.3 is 11.7 Å². The summed E-state index contributed by atoms with van der Waals surface area (Å²) in [5.74, 6) is -1.09. The number of aromatic nitrogens is 2. The van der Waals surface area contributed by atoms with Crippen LogP contribution in [-0.4, -0.2) is 21.0 Å². The number of H-pyrrole nitrogens is 1. The van der Waals surface area contributed by atoms with Gasteiger partial charge in [-0.15, -0.1) is 0 Å². The van der Waals surface area contributed by atoms with Gasteiger partial charge in [0.15, 0.2) is 0 Å². The van der Waals surface area contributed by atoms with E-state index < -0.39 is 11.7 Å². The van der Waals surface area contributed by atoms with Gasteiger partial charge in [0.1, 0.15) is 5.56 Å². The molecule has 0 aliphatic heterocycles. The molecule has 19 heavy (non-hydrogen) atoms. The minimum Gasteiger partial charge on any atom is -0.478 e. The van der Waals surface area contributed by atoms with Crippen molar-refractivity contribution in [3.05, 3.63) is 51.6 Å². The zero-order valence-corrected chi connectivity index (χ0v) is 10.7. The highest BCUT2D eigenvalue weighted by molar-refractivity contribution is 5.95. The van der Waals surface area contributed by atoms with E-state index in [-0.39, 0.29) is 11.3 Å². The van der Waals surface area contributed by atoms with Crippen LogP contribution in [0.15, 0.2) is 29.1 Å². The second kappa shape index (κ2) is 5.06. The molecule has 0 atom stereocenters. The van der Waals surface area contributed by atoms with Crippen molar-refractivity contribution in [3.8, 4) is 11.3 Å². The first-order chi connectivity index (χ1) is 9.02. The Bertz CT molecular complexity index is 689. The molecular weight excluding hydrogens is 244 g/mol. The van der Waals surface area contributed by atoms with Crippen LogP contribution < -0.4 is 5.69 Å². The van der Waals surface area contributed by atoms with Gasteiger partial charge in [-0.2, -0.15) is 4.98 Å². The summed E-state index contributed by atoms with van der Waals surface area (Å²) in [6, 6.07) is 7.27. The van der Waals surface area contributed by atoms with Crippen molar-refractivity contribution in [3.63, 3.8) is 0 Å². The maximum Gasteiger partial charge on any atom is 0.345 e. The third-order valence-electron chi connectivity index (χ3n) is 2.87. The summed E-state index contributed by atoms with van der Waals surface area (Å²) in [7, 11) is 0. The maximum atomic E-state index is 11.5. The van der Waals surface area contributed by atoms with E-state index in [1.54, 1.807) is 13.0 Å². The number of carboxylic acid groups (broad SMARTS) is 1. The van der Waals surface area contributed by atoms with Gasteiger partial charge in [-0.1, -0.05) is 30.7 Å². The number of carbonyl (C=O) groups is 1. The quantitative estimate of drug-likeness (QED) is 0.882. The molecule has 2 aromatic rings. The summed E-state index contributed by atoms with van der Waals surface area (Å²) in [6.45, 7) is 3.69. The standard InChI is InChI=1S/C14H14N2O3/c1-3-10-11(13(17)18)12(16-14(19)15-10)9-6-4-5-8(2)7-9/h4-7H,3H2,1-2H3,(H,17,18)(H,15,16,19). The molecule has 1 aromatic carbocycles. The molecule has 5 nitrogen and oxygen atoms in total. The predicted octanol–water partition coefficient (Wildman–Crippen LogP) is 2.01. The number of hydrogen-bond donors (Lipinski definition) is 2. The molecule has 0 bridgehead atoms. The van der Waals surface area contributed by atoms with Gasteiger partial charge in [0.25, 0.3) is 0 Å². The highest BCUT2D eigenvalue weighted by Crippen LogP contribution is 2.23. The first-order valence-electron chi connectivity index (χ1n) is 5.96. The second-order valence-electron chi connectivity index (χ2n) is 4.27. The molecule has 1 heterocycles. The van der Waals surface area contributed by atoms with E-state index >= 15 is 0 Å². The van der Waals surface area contributed by atoms with E-state index in [0.717, 1.165) is 5.56 Å². The van der Waals surface area contributed by atoms with Crippen LogP contribution in [0, 0.1) is 6.92 Å². The maximum absolute atomic E-state index is 11.5. The van der Waals surface area contributed by atoms with E-state index in [2.05, 4.69) is 9.97 Å². The highest BCUT2D eigenvalue weighted by atomic mass is 16.4. The molecule has 0 saturated carbocycles.